The number of carbonyl (C=O) groups is 1. The lowest BCUT2D eigenvalue weighted by Gasteiger charge is -2.18. The van der Waals surface area contributed by atoms with Gasteiger partial charge in [-0.2, -0.15) is 0 Å². The molecule has 0 aliphatic rings. The summed E-state index contributed by atoms with van der Waals surface area (Å²) in [6, 6.07) is 0. The Kier molecular flexibility index (Phi) is 9.12. The SMILES string of the molecule is CCOC(=O)/C=C/C(C)(C)C/C=C(\C)CCC#C[Si](C)(C)C. The molecule has 0 spiro atoms. The van der Waals surface area contributed by atoms with Crippen molar-refractivity contribution in [1.82, 2.24) is 0 Å². The largest absolute Gasteiger partial charge is 0.463 e. The van der Waals surface area contributed by atoms with E-state index in [1.165, 1.54) is 11.6 Å². The van der Waals surface area contributed by atoms with E-state index < -0.39 is 8.07 Å². The zero-order valence-electron chi connectivity index (χ0n) is 15.4. The van der Waals surface area contributed by atoms with Crippen LogP contribution in [0.3, 0.4) is 0 Å². The maximum absolute atomic E-state index is 11.3. The standard InChI is InChI=1S/C19H32O2Si/c1-8-21-18(20)13-15-19(3,4)14-12-17(2)11-9-10-16-22(5,6)7/h12-13,15H,8-9,11,14H2,1-7H3/b15-13+,17-12+. The molecule has 0 heterocycles. The van der Waals surface area contributed by atoms with Crippen molar-refractivity contribution >= 4 is 14.0 Å². The number of hydrogen-bond donors (Lipinski definition) is 0. The van der Waals surface area contributed by atoms with Gasteiger partial charge in [-0.3, -0.25) is 0 Å². The highest BCUT2D eigenvalue weighted by molar-refractivity contribution is 6.83. The topological polar surface area (TPSA) is 26.3 Å². The highest BCUT2D eigenvalue weighted by Crippen LogP contribution is 2.24. The third-order valence-electron chi connectivity index (χ3n) is 3.04. The van der Waals surface area contributed by atoms with Crippen molar-refractivity contribution in [2.24, 2.45) is 5.41 Å². The lowest BCUT2D eigenvalue weighted by Crippen LogP contribution is -2.16. The maximum atomic E-state index is 11.3. The zero-order chi connectivity index (χ0) is 17.2. The second-order valence-corrected chi connectivity index (χ2v) is 12.1. The molecule has 0 bridgehead atoms. The lowest BCUT2D eigenvalue weighted by atomic mass is 9.87. The van der Waals surface area contributed by atoms with Gasteiger partial charge in [-0.1, -0.05) is 51.2 Å². The van der Waals surface area contributed by atoms with E-state index in [9.17, 15) is 4.79 Å². The monoisotopic (exact) mass is 320 g/mol. The number of ether oxygens (including phenoxy) is 1. The minimum Gasteiger partial charge on any atom is -0.463 e. The van der Waals surface area contributed by atoms with Gasteiger partial charge in [-0.15, -0.1) is 11.5 Å². The Morgan fingerprint density at radius 3 is 2.45 bits per heavy atom. The van der Waals surface area contributed by atoms with Gasteiger partial charge in [0.2, 0.25) is 0 Å². The van der Waals surface area contributed by atoms with Crippen LogP contribution >= 0.6 is 0 Å². The minimum absolute atomic E-state index is 0.0436. The van der Waals surface area contributed by atoms with E-state index in [1.54, 1.807) is 0 Å². The van der Waals surface area contributed by atoms with Crippen LogP contribution in [0.15, 0.2) is 23.8 Å². The van der Waals surface area contributed by atoms with Crippen LogP contribution in [0.2, 0.25) is 19.6 Å². The van der Waals surface area contributed by atoms with Gasteiger partial charge in [0.25, 0.3) is 0 Å². The van der Waals surface area contributed by atoms with Crippen LogP contribution in [0.5, 0.6) is 0 Å². The first-order chi connectivity index (χ1) is 10.1. The van der Waals surface area contributed by atoms with Gasteiger partial charge in [0, 0.05) is 12.5 Å². The molecule has 124 valence electrons. The molecular formula is C19H32O2Si. The molecule has 0 atom stereocenters. The van der Waals surface area contributed by atoms with Crippen LogP contribution in [0.4, 0.5) is 0 Å². The van der Waals surface area contributed by atoms with Gasteiger partial charge < -0.3 is 4.74 Å². The fourth-order valence-corrected chi connectivity index (χ4v) is 2.33. The van der Waals surface area contributed by atoms with Gasteiger partial charge in [0.1, 0.15) is 8.07 Å². The molecule has 0 aromatic heterocycles. The van der Waals surface area contributed by atoms with Crippen molar-refractivity contribution in [2.45, 2.75) is 66.6 Å². The van der Waals surface area contributed by atoms with E-state index in [2.05, 4.69) is 58.0 Å². The Bertz CT molecular complexity index is 468. The van der Waals surface area contributed by atoms with Gasteiger partial charge in [0.15, 0.2) is 0 Å². The van der Waals surface area contributed by atoms with Crippen LogP contribution in [-0.2, 0) is 9.53 Å². The van der Waals surface area contributed by atoms with Crippen molar-refractivity contribution in [3.05, 3.63) is 23.8 Å². The first-order valence-corrected chi connectivity index (χ1v) is 11.6. The number of hydrogen-bond acceptors (Lipinski definition) is 2. The highest BCUT2D eigenvalue weighted by Gasteiger charge is 2.13. The van der Waals surface area contributed by atoms with E-state index in [4.69, 9.17) is 4.74 Å². The first-order valence-electron chi connectivity index (χ1n) is 8.07. The Hall–Kier alpha value is -1.27. The second-order valence-electron chi connectivity index (χ2n) is 7.38. The summed E-state index contributed by atoms with van der Waals surface area (Å²) < 4.78 is 4.90. The number of rotatable bonds is 7. The van der Waals surface area contributed by atoms with E-state index in [1.807, 2.05) is 13.0 Å². The van der Waals surface area contributed by atoms with Crippen LogP contribution < -0.4 is 0 Å². The normalized spacial score (nSPS) is 13.0. The molecule has 0 saturated carbocycles. The Balaban J connectivity index is 4.36. The molecule has 3 heteroatoms. The molecule has 0 saturated heterocycles. The molecular weight excluding hydrogens is 288 g/mol. The van der Waals surface area contributed by atoms with Crippen molar-refractivity contribution in [1.29, 1.82) is 0 Å². The first kappa shape index (κ1) is 20.7. The summed E-state index contributed by atoms with van der Waals surface area (Å²) in [5, 5.41) is 0. The maximum Gasteiger partial charge on any atom is 0.330 e. The van der Waals surface area contributed by atoms with Crippen molar-refractivity contribution in [3.63, 3.8) is 0 Å². The van der Waals surface area contributed by atoms with Crippen LogP contribution in [0.1, 0.15) is 47.0 Å². The van der Waals surface area contributed by atoms with Crippen molar-refractivity contribution < 1.29 is 9.53 Å². The molecule has 2 nitrogen and oxygen atoms in total. The number of carbonyl (C=O) groups excluding carboxylic acids is 1. The Morgan fingerprint density at radius 1 is 1.27 bits per heavy atom. The fourth-order valence-electron chi connectivity index (χ4n) is 1.68. The van der Waals surface area contributed by atoms with Crippen LogP contribution in [0, 0.1) is 16.9 Å². The molecule has 0 rings (SSSR count). The van der Waals surface area contributed by atoms with Crippen molar-refractivity contribution in [2.75, 3.05) is 6.61 Å². The summed E-state index contributed by atoms with van der Waals surface area (Å²) in [5.74, 6) is 3.04. The van der Waals surface area contributed by atoms with E-state index in [0.29, 0.717) is 6.61 Å². The molecule has 0 unspecified atom stereocenters. The van der Waals surface area contributed by atoms with Crippen molar-refractivity contribution in [3.8, 4) is 11.5 Å². The molecule has 22 heavy (non-hydrogen) atoms. The van der Waals surface area contributed by atoms with Gasteiger partial charge >= 0.3 is 5.97 Å². The zero-order valence-corrected chi connectivity index (χ0v) is 16.4. The predicted octanol–water partition coefficient (Wildman–Crippen LogP) is 5.13. The summed E-state index contributed by atoms with van der Waals surface area (Å²) in [5.41, 5.74) is 4.71. The molecule has 0 aliphatic carbocycles. The molecule has 0 aliphatic heterocycles. The Morgan fingerprint density at radius 2 is 1.91 bits per heavy atom. The highest BCUT2D eigenvalue weighted by atomic mass is 28.3. The number of allylic oxidation sites excluding steroid dienone is 3. The summed E-state index contributed by atoms with van der Waals surface area (Å²) in [6.07, 6.45) is 8.59. The van der Waals surface area contributed by atoms with Crippen LogP contribution in [0.25, 0.3) is 0 Å². The summed E-state index contributed by atoms with van der Waals surface area (Å²) in [6.45, 7) is 15.4. The summed E-state index contributed by atoms with van der Waals surface area (Å²) in [4.78, 5) is 11.3. The summed E-state index contributed by atoms with van der Waals surface area (Å²) >= 11 is 0. The smallest absolute Gasteiger partial charge is 0.330 e. The van der Waals surface area contributed by atoms with Gasteiger partial charge in [-0.05, 0) is 32.1 Å². The average molecular weight is 321 g/mol. The Labute approximate surface area is 138 Å². The van der Waals surface area contributed by atoms with Gasteiger partial charge in [-0.25, -0.2) is 4.79 Å². The fraction of sp³-hybridized carbons (Fsp3) is 0.632. The van der Waals surface area contributed by atoms with Crippen LogP contribution in [-0.4, -0.2) is 20.7 Å². The summed E-state index contributed by atoms with van der Waals surface area (Å²) in [7, 11) is -1.24. The number of esters is 1. The molecule has 0 N–H and O–H groups in total. The second kappa shape index (κ2) is 9.68. The average Bonchev–Trinajstić information content (AvgIpc) is 2.39. The quantitative estimate of drug-likeness (QED) is 0.214. The van der Waals surface area contributed by atoms with E-state index in [0.717, 1.165) is 19.3 Å². The minimum atomic E-state index is -1.24. The predicted molar refractivity (Wildman–Crippen MR) is 98.3 cm³/mol. The van der Waals surface area contributed by atoms with Gasteiger partial charge in [0.05, 0.1) is 6.61 Å². The third-order valence-corrected chi connectivity index (χ3v) is 3.97. The molecule has 0 amide bonds. The third kappa shape index (κ3) is 12.5. The van der Waals surface area contributed by atoms with E-state index in [-0.39, 0.29) is 11.4 Å². The molecule has 0 radical (unpaired) electrons. The molecule has 0 aromatic rings. The molecule has 0 aromatic carbocycles. The van der Waals surface area contributed by atoms with E-state index >= 15 is 0 Å². The molecule has 0 fully saturated rings. The lowest BCUT2D eigenvalue weighted by molar-refractivity contribution is -0.137.